The topological polar surface area (TPSA) is 84.4 Å². The summed E-state index contributed by atoms with van der Waals surface area (Å²) in [6, 6.07) is 1.93. The molecule has 0 bridgehead atoms. The number of carbonyl (C=O) groups excluding carboxylic acids is 2. The Labute approximate surface area is 123 Å². The molecule has 21 heavy (non-hydrogen) atoms. The van der Waals surface area contributed by atoms with Crippen LogP contribution in [0.15, 0.2) is 18.5 Å². The zero-order valence-corrected chi connectivity index (χ0v) is 12.1. The van der Waals surface area contributed by atoms with Crippen LogP contribution >= 0.6 is 0 Å². The Balaban J connectivity index is 1.93. The molecular formula is C14H20N4O3. The Morgan fingerprint density at radius 2 is 1.95 bits per heavy atom. The molecule has 0 unspecified atom stereocenters. The smallest absolute Gasteiger partial charge is 0.319 e. The minimum absolute atomic E-state index is 0.129. The molecule has 0 radical (unpaired) electrons. The van der Waals surface area contributed by atoms with E-state index in [-0.39, 0.29) is 37.0 Å². The first-order valence-electron chi connectivity index (χ1n) is 7.07. The van der Waals surface area contributed by atoms with E-state index < -0.39 is 0 Å². The summed E-state index contributed by atoms with van der Waals surface area (Å²) in [4.78, 5) is 33.3. The number of aromatic nitrogens is 2. The lowest BCUT2D eigenvalue weighted by molar-refractivity contribution is -0.142. The molecule has 2 rings (SSSR count). The lowest BCUT2D eigenvalue weighted by atomic mass is 10.2. The van der Waals surface area contributed by atoms with Crippen molar-refractivity contribution < 1.29 is 14.3 Å². The largest absolute Gasteiger partial charge is 0.468 e. The summed E-state index contributed by atoms with van der Waals surface area (Å²) >= 11 is 0. The first kappa shape index (κ1) is 15.4. The van der Waals surface area contributed by atoms with Crippen LogP contribution in [0.3, 0.4) is 0 Å². The van der Waals surface area contributed by atoms with Gasteiger partial charge in [0, 0.05) is 18.4 Å². The molecule has 1 N–H and O–H groups in total. The number of hydrogen-bond donors (Lipinski definition) is 1. The highest BCUT2D eigenvalue weighted by Crippen LogP contribution is 2.23. The van der Waals surface area contributed by atoms with Gasteiger partial charge in [-0.05, 0) is 18.9 Å². The van der Waals surface area contributed by atoms with Crippen molar-refractivity contribution in [3.63, 3.8) is 0 Å². The second kappa shape index (κ2) is 7.68. The summed E-state index contributed by atoms with van der Waals surface area (Å²) in [5.41, 5.74) is 0. The fourth-order valence-electron chi connectivity index (χ4n) is 2.53. The summed E-state index contributed by atoms with van der Waals surface area (Å²) in [5.74, 6) is -0.283. The second-order valence-electron chi connectivity index (χ2n) is 5.04. The van der Waals surface area contributed by atoms with E-state index in [1.165, 1.54) is 7.11 Å². The maximum absolute atomic E-state index is 12.1. The van der Waals surface area contributed by atoms with Crippen LogP contribution in [0.25, 0.3) is 0 Å². The zero-order valence-electron chi connectivity index (χ0n) is 12.1. The summed E-state index contributed by atoms with van der Waals surface area (Å²) in [7, 11) is 1.35. The van der Waals surface area contributed by atoms with E-state index in [1.807, 2.05) is 4.90 Å². The molecule has 0 aromatic carbocycles. The minimum atomic E-state index is -0.328. The van der Waals surface area contributed by atoms with Crippen molar-refractivity contribution >= 4 is 17.8 Å². The van der Waals surface area contributed by atoms with Gasteiger partial charge in [-0.3, -0.25) is 19.8 Å². The Kier molecular flexibility index (Phi) is 5.62. The van der Waals surface area contributed by atoms with Gasteiger partial charge in [0.05, 0.1) is 20.2 Å². The molecule has 1 amide bonds. The van der Waals surface area contributed by atoms with E-state index in [0.29, 0.717) is 0 Å². The second-order valence-corrected chi connectivity index (χ2v) is 5.04. The fraction of sp³-hybridized carbons (Fsp3) is 0.571. The predicted molar refractivity (Wildman–Crippen MR) is 76.5 cm³/mol. The number of esters is 1. The third-order valence-corrected chi connectivity index (χ3v) is 3.56. The van der Waals surface area contributed by atoms with Crippen LogP contribution in [0, 0.1) is 0 Å². The van der Waals surface area contributed by atoms with Crippen LogP contribution in [-0.4, -0.2) is 53.0 Å². The number of carbonyl (C=O) groups is 2. The third kappa shape index (κ3) is 4.78. The number of nitrogens with zero attached hydrogens (tertiary/aromatic N) is 3. The standard InChI is InChI=1S/C14H20N4O3/c1-21-13(20)10-18(11-5-2-3-6-11)9-12(19)17-14-15-7-4-8-16-14/h4,7-8,11H,2-3,5-6,9-10H2,1H3,(H,15,16,17,19). The molecular weight excluding hydrogens is 272 g/mol. The summed E-state index contributed by atoms with van der Waals surface area (Å²) in [6.07, 6.45) is 7.40. The number of hydrogen-bond acceptors (Lipinski definition) is 6. The van der Waals surface area contributed by atoms with Gasteiger partial charge in [0.1, 0.15) is 0 Å². The Hall–Kier alpha value is -2.02. The molecule has 114 valence electrons. The van der Waals surface area contributed by atoms with Gasteiger partial charge in [-0.25, -0.2) is 9.97 Å². The molecule has 0 aliphatic heterocycles. The van der Waals surface area contributed by atoms with E-state index in [2.05, 4.69) is 15.3 Å². The maximum Gasteiger partial charge on any atom is 0.319 e. The Morgan fingerprint density at radius 1 is 1.29 bits per heavy atom. The molecule has 1 aliphatic carbocycles. The molecule has 1 heterocycles. The number of ether oxygens (including phenoxy) is 1. The van der Waals surface area contributed by atoms with Crippen molar-refractivity contribution in [2.24, 2.45) is 0 Å². The monoisotopic (exact) mass is 292 g/mol. The average Bonchev–Trinajstić information content (AvgIpc) is 3.01. The highest BCUT2D eigenvalue weighted by atomic mass is 16.5. The number of nitrogens with one attached hydrogen (secondary N) is 1. The van der Waals surface area contributed by atoms with Gasteiger partial charge in [-0.1, -0.05) is 12.8 Å². The Bertz CT molecular complexity index is 474. The molecule has 1 aromatic rings. The molecule has 7 nitrogen and oxygen atoms in total. The van der Waals surface area contributed by atoms with Crippen LogP contribution in [0.1, 0.15) is 25.7 Å². The van der Waals surface area contributed by atoms with Crippen molar-refractivity contribution in [2.45, 2.75) is 31.7 Å². The van der Waals surface area contributed by atoms with Crippen molar-refractivity contribution in [3.05, 3.63) is 18.5 Å². The first-order valence-corrected chi connectivity index (χ1v) is 7.07. The van der Waals surface area contributed by atoms with Crippen LogP contribution in [-0.2, 0) is 14.3 Å². The SMILES string of the molecule is COC(=O)CN(CC(=O)Nc1ncccn1)C1CCCC1. The highest BCUT2D eigenvalue weighted by molar-refractivity contribution is 5.90. The van der Waals surface area contributed by atoms with Crippen LogP contribution in [0.4, 0.5) is 5.95 Å². The zero-order chi connectivity index (χ0) is 15.1. The van der Waals surface area contributed by atoms with Crippen molar-refractivity contribution in [1.82, 2.24) is 14.9 Å². The number of rotatable bonds is 6. The fourth-order valence-corrected chi connectivity index (χ4v) is 2.53. The van der Waals surface area contributed by atoms with Crippen molar-refractivity contribution in [1.29, 1.82) is 0 Å². The lowest BCUT2D eigenvalue weighted by Gasteiger charge is -2.26. The molecule has 1 aliphatic rings. The quantitative estimate of drug-likeness (QED) is 0.782. The van der Waals surface area contributed by atoms with Crippen LogP contribution in [0.5, 0.6) is 0 Å². The van der Waals surface area contributed by atoms with Crippen LogP contribution in [0.2, 0.25) is 0 Å². The molecule has 1 saturated carbocycles. The predicted octanol–water partition coefficient (Wildman–Crippen LogP) is 0.833. The average molecular weight is 292 g/mol. The first-order chi connectivity index (χ1) is 10.2. The van der Waals surface area contributed by atoms with Gasteiger partial charge in [0.25, 0.3) is 0 Å². The summed E-state index contributed by atoms with van der Waals surface area (Å²) < 4.78 is 4.70. The number of amides is 1. The van der Waals surface area contributed by atoms with Gasteiger partial charge in [0.2, 0.25) is 11.9 Å². The summed E-state index contributed by atoms with van der Waals surface area (Å²) in [6.45, 7) is 0.266. The molecule has 0 atom stereocenters. The normalized spacial score (nSPS) is 15.1. The van der Waals surface area contributed by atoms with Crippen LogP contribution < -0.4 is 5.32 Å². The van der Waals surface area contributed by atoms with Gasteiger partial charge >= 0.3 is 5.97 Å². The van der Waals surface area contributed by atoms with Gasteiger partial charge in [0.15, 0.2) is 0 Å². The molecule has 1 fully saturated rings. The molecule has 0 spiro atoms. The number of anilines is 1. The number of methoxy groups -OCH3 is 1. The lowest BCUT2D eigenvalue weighted by Crippen LogP contribution is -2.43. The highest BCUT2D eigenvalue weighted by Gasteiger charge is 2.26. The van der Waals surface area contributed by atoms with Crippen molar-refractivity contribution in [3.8, 4) is 0 Å². The van der Waals surface area contributed by atoms with E-state index in [4.69, 9.17) is 4.74 Å². The van der Waals surface area contributed by atoms with E-state index >= 15 is 0 Å². The summed E-state index contributed by atoms with van der Waals surface area (Å²) in [5, 5.41) is 2.63. The maximum atomic E-state index is 12.1. The van der Waals surface area contributed by atoms with E-state index in [1.54, 1.807) is 18.5 Å². The van der Waals surface area contributed by atoms with Gasteiger partial charge in [-0.2, -0.15) is 0 Å². The molecule has 0 saturated heterocycles. The van der Waals surface area contributed by atoms with E-state index in [0.717, 1.165) is 25.7 Å². The molecule has 7 heteroatoms. The van der Waals surface area contributed by atoms with Crippen molar-refractivity contribution in [2.75, 3.05) is 25.5 Å². The van der Waals surface area contributed by atoms with Gasteiger partial charge < -0.3 is 4.74 Å². The van der Waals surface area contributed by atoms with E-state index in [9.17, 15) is 9.59 Å². The molecule has 1 aromatic heterocycles. The van der Waals surface area contributed by atoms with Gasteiger partial charge in [-0.15, -0.1) is 0 Å². The minimum Gasteiger partial charge on any atom is -0.468 e. The third-order valence-electron chi connectivity index (χ3n) is 3.56. The Morgan fingerprint density at radius 3 is 2.57 bits per heavy atom.